The van der Waals surface area contributed by atoms with Gasteiger partial charge < -0.3 is 15.5 Å². The van der Waals surface area contributed by atoms with Gasteiger partial charge in [-0.3, -0.25) is 0 Å². The number of benzene rings is 2. The third-order valence-corrected chi connectivity index (χ3v) is 4.52. The van der Waals surface area contributed by atoms with Gasteiger partial charge in [-0.1, -0.05) is 30.3 Å². The molecule has 116 valence electrons. The van der Waals surface area contributed by atoms with E-state index < -0.39 is 0 Å². The van der Waals surface area contributed by atoms with Crippen molar-refractivity contribution in [2.45, 2.75) is 12.8 Å². The lowest BCUT2D eigenvalue weighted by Gasteiger charge is -2.34. The van der Waals surface area contributed by atoms with Crippen LogP contribution in [0.25, 0.3) is 0 Å². The maximum Gasteiger partial charge on any atom is 0.0371 e. The molecular weight excluding hydrogens is 270 g/mol. The molecule has 2 aromatic carbocycles. The molecule has 1 fully saturated rings. The van der Waals surface area contributed by atoms with Crippen LogP contribution in [0, 0.1) is 0 Å². The molecule has 0 radical (unpaired) electrons. The van der Waals surface area contributed by atoms with Crippen LogP contribution < -0.4 is 10.6 Å². The molecule has 3 rings (SSSR count). The van der Waals surface area contributed by atoms with Crippen molar-refractivity contribution in [3.8, 4) is 0 Å². The first kappa shape index (κ1) is 14.9. The summed E-state index contributed by atoms with van der Waals surface area (Å²) in [6, 6.07) is 17.1. The summed E-state index contributed by atoms with van der Waals surface area (Å²) < 4.78 is 0. The van der Waals surface area contributed by atoms with Crippen molar-refractivity contribution in [1.29, 1.82) is 0 Å². The Bertz CT molecular complexity index is 601. The zero-order valence-corrected chi connectivity index (χ0v) is 13.3. The highest BCUT2D eigenvalue weighted by atomic mass is 15.2. The van der Waals surface area contributed by atoms with Crippen molar-refractivity contribution in [1.82, 2.24) is 4.90 Å². The Labute approximate surface area is 133 Å². The summed E-state index contributed by atoms with van der Waals surface area (Å²) in [5, 5.41) is 0. The molecule has 2 aromatic rings. The lowest BCUT2D eigenvalue weighted by atomic mass is 10.0. The van der Waals surface area contributed by atoms with E-state index in [9.17, 15) is 0 Å². The number of rotatable bonds is 4. The highest BCUT2D eigenvalue weighted by Crippen LogP contribution is 2.23. The maximum absolute atomic E-state index is 6.18. The zero-order valence-electron chi connectivity index (χ0n) is 13.3. The van der Waals surface area contributed by atoms with E-state index in [1.54, 1.807) is 0 Å². The fourth-order valence-electron chi connectivity index (χ4n) is 2.99. The molecule has 0 saturated carbocycles. The molecule has 0 bridgehead atoms. The van der Waals surface area contributed by atoms with E-state index in [0.717, 1.165) is 44.7 Å². The normalized spacial score (nSPS) is 16.0. The summed E-state index contributed by atoms with van der Waals surface area (Å²) in [4.78, 5) is 4.84. The van der Waals surface area contributed by atoms with E-state index >= 15 is 0 Å². The number of nitrogens with zero attached hydrogens (tertiary/aromatic N) is 2. The third kappa shape index (κ3) is 3.60. The first-order valence-corrected chi connectivity index (χ1v) is 8.08. The number of hydrogen-bond donors (Lipinski definition) is 1. The molecule has 22 heavy (non-hydrogen) atoms. The second kappa shape index (κ2) is 6.84. The Morgan fingerprint density at radius 1 is 0.909 bits per heavy atom. The quantitative estimate of drug-likeness (QED) is 0.880. The smallest absolute Gasteiger partial charge is 0.0371 e. The van der Waals surface area contributed by atoms with Gasteiger partial charge in [0, 0.05) is 37.6 Å². The van der Waals surface area contributed by atoms with Crippen LogP contribution in [-0.4, -0.2) is 38.1 Å². The molecule has 1 saturated heterocycles. The molecule has 0 aliphatic carbocycles. The molecule has 0 amide bonds. The standard InChI is InChI=1S/C19H25N3/c1-21-11-13-22(14-12-21)18-9-10-19(20)17(15-18)8-7-16-5-3-2-4-6-16/h2-6,9-10,15H,7-8,11-14,20H2,1H3. The van der Waals surface area contributed by atoms with Crippen molar-refractivity contribution in [2.24, 2.45) is 0 Å². The number of nitrogen functional groups attached to an aromatic ring is 1. The highest BCUT2D eigenvalue weighted by molar-refractivity contribution is 5.59. The van der Waals surface area contributed by atoms with Gasteiger partial charge in [0.2, 0.25) is 0 Å². The van der Waals surface area contributed by atoms with Gasteiger partial charge in [-0.25, -0.2) is 0 Å². The Morgan fingerprint density at radius 3 is 2.36 bits per heavy atom. The van der Waals surface area contributed by atoms with Crippen LogP contribution in [0.3, 0.4) is 0 Å². The van der Waals surface area contributed by atoms with Gasteiger partial charge in [0.15, 0.2) is 0 Å². The Balaban J connectivity index is 1.70. The average Bonchev–Trinajstić information content (AvgIpc) is 2.56. The Kier molecular flexibility index (Phi) is 4.64. The Morgan fingerprint density at radius 2 is 1.64 bits per heavy atom. The lowest BCUT2D eigenvalue weighted by Crippen LogP contribution is -2.44. The first-order valence-electron chi connectivity index (χ1n) is 8.08. The predicted octanol–water partition coefficient (Wildman–Crippen LogP) is 2.81. The van der Waals surface area contributed by atoms with Crippen LogP contribution in [0.2, 0.25) is 0 Å². The third-order valence-electron chi connectivity index (χ3n) is 4.52. The number of hydrogen-bond acceptors (Lipinski definition) is 3. The molecule has 2 N–H and O–H groups in total. The molecular formula is C19H25N3. The van der Waals surface area contributed by atoms with Crippen LogP contribution in [0.4, 0.5) is 11.4 Å². The van der Waals surface area contributed by atoms with Gasteiger partial charge in [-0.2, -0.15) is 0 Å². The van der Waals surface area contributed by atoms with E-state index in [1.165, 1.54) is 16.8 Å². The summed E-state index contributed by atoms with van der Waals surface area (Å²) in [5.41, 5.74) is 11.0. The molecule has 0 spiro atoms. The minimum Gasteiger partial charge on any atom is -0.399 e. The molecule has 1 heterocycles. The molecule has 3 heteroatoms. The van der Waals surface area contributed by atoms with Gasteiger partial charge >= 0.3 is 0 Å². The summed E-state index contributed by atoms with van der Waals surface area (Å²) in [7, 11) is 2.19. The topological polar surface area (TPSA) is 32.5 Å². The van der Waals surface area contributed by atoms with E-state index in [2.05, 4.69) is 65.4 Å². The van der Waals surface area contributed by atoms with E-state index in [1.807, 2.05) is 0 Å². The maximum atomic E-state index is 6.18. The van der Waals surface area contributed by atoms with Crippen molar-refractivity contribution in [3.05, 3.63) is 59.7 Å². The van der Waals surface area contributed by atoms with Crippen molar-refractivity contribution in [2.75, 3.05) is 43.9 Å². The van der Waals surface area contributed by atoms with Gasteiger partial charge in [-0.05, 0) is 49.2 Å². The minimum absolute atomic E-state index is 0.911. The monoisotopic (exact) mass is 295 g/mol. The second-order valence-corrected chi connectivity index (χ2v) is 6.16. The summed E-state index contributed by atoms with van der Waals surface area (Å²) in [6.45, 7) is 4.45. The zero-order chi connectivity index (χ0) is 15.4. The highest BCUT2D eigenvalue weighted by Gasteiger charge is 2.15. The van der Waals surface area contributed by atoms with Crippen molar-refractivity contribution in [3.63, 3.8) is 0 Å². The fourth-order valence-corrected chi connectivity index (χ4v) is 2.99. The van der Waals surface area contributed by atoms with Crippen molar-refractivity contribution < 1.29 is 0 Å². The number of aryl methyl sites for hydroxylation is 2. The van der Waals surface area contributed by atoms with E-state index in [4.69, 9.17) is 5.73 Å². The number of nitrogens with two attached hydrogens (primary N) is 1. The molecule has 1 aliphatic heterocycles. The van der Waals surface area contributed by atoms with E-state index in [0.29, 0.717) is 0 Å². The van der Waals surface area contributed by atoms with Gasteiger partial charge in [-0.15, -0.1) is 0 Å². The molecule has 3 nitrogen and oxygen atoms in total. The van der Waals surface area contributed by atoms with Crippen LogP contribution in [0.1, 0.15) is 11.1 Å². The van der Waals surface area contributed by atoms with Crippen LogP contribution >= 0.6 is 0 Å². The number of piperazine rings is 1. The van der Waals surface area contributed by atoms with Crippen LogP contribution in [0.5, 0.6) is 0 Å². The Hall–Kier alpha value is -2.00. The van der Waals surface area contributed by atoms with Crippen molar-refractivity contribution >= 4 is 11.4 Å². The summed E-state index contributed by atoms with van der Waals surface area (Å²) in [6.07, 6.45) is 2.04. The molecule has 0 atom stereocenters. The van der Waals surface area contributed by atoms with E-state index in [-0.39, 0.29) is 0 Å². The number of anilines is 2. The SMILES string of the molecule is CN1CCN(c2ccc(N)c(CCc3ccccc3)c2)CC1. The molecule has 0 unspecified atom stereocenters. The molecule has 1 aliphatic rings. The minimum atomic E-state index is 0.911. The summed E-state index contributed by atoms with van der Waals surface area (Å²) in [5.74, 6) is 0. The lowest BCUT2D eigenvalue weighted by molar-refractivity contribution is 0.313. The fraction of sp³-hybridized carbons (Fsp3) is 0.368. The van der Waals surface area contributed by atoms with Crippen LogP contribution in [0.15, 0.2) is 48.5 Å². The second-order valence-electron chi connectivity index (χ2n) is 6.16. The van der Waals surface area contributed by atoms with Gasteiger partial charge in [0.1, 0.15) is 0 Å². The first-order chi connectivity index (χ1) is 10.7. The predicted molar refractivity (Wildman–Crippen MR) is 94.4 cm³/mol. The van der Waals surface area contributed by atoms with Crippen LogP contribution in [-0.2, 0) is 12.8 Å². The molecule has 0 aromatic heterocycles. The average molecular weight is 295 g/mol. The summed E-state index contributed by atoms with van der Waals surface area (Å²) >= 11 is 0. The van der Waals surface area contributed by atoms with Gasteiger partial charge in [0.05, 0.1) is 0 Å². The number of likely N-dealkylation sites (N-methyl/N-ethyl adjacent to an activating group) is 1. The largest absolute Gasteiger partial charge is 0.399 e. The van der Waals surface area contributed by atoms with Gasteiger partial charge in [0.25, 0.3) is 0 Å².